The van der Waals surface area contributed by atoms with Crippen molar-refractivity contribution in [3.05, 3.63) is 77.7 Å². The number of imidazole rings is 1. The van der Waals surface area contributed by atoms with E-state index < -0.39 is 6.09 Å². The minimum absolute atomic E-state index is 0.00454. The quantitative estimate of drug-likeness (QED) is 0.381. The number of carbonyl (C=O) groups excluding carboxylic acids is 1. The topological polar surface area (TPSA) is 109 Å². The van der Waals surface area contributed by atoms with E-state index in [1.54, 1.807) is 6.33 Å². The maximum Gasteiger partial charge on any atom is 0.404 e. The van der Waals surface area contributed by atoms with Gasteiger partial charge in [0.25, 0.3) is 5.91 Å². The molecule has 1 saturated heterocycles. The standard InChI is InChI=1S/C32H39N5O4/c38-31(36-16-15-33-20-25(36)14-17-41-26-18-23-10-4-5-11-24(23)19-26)29-30(22-8-2-1-3-9-22)37(21-34-29)28-13-7-6-12-27(28)35-32(39)40/h1-5,8-11,21,25-28,33,35H,6-7,12-20H2,(H,39,40)/t25-,27+,28+/m1/s1. The molecule has 0 unspecified atom stereocenters. The molecule has 2 amide bonds. The molecule has 3 atom stereocenters. The van der Waals surface area contributed by atoms with Gasteiger partial charge in [0, 0.05) is 37.8 Å². The normalized spacial score (nSPS) is 22.8. The number of hydrogen-bond acceptors (Lipinski definition) is 5. The van der Waals surface area contributed by atoms with E-state index >= 15 is 0 Å². The van der Waals surface area contributed by atoms with E-state index in [0.29, 0.717) is 25.4 Å². The van der Waals surface area contributed by atoms with Crippen LogP contribution in [0.15, 0.2) is 60.9 Å². The summed E-state index contributed by atoms with van der Waals surface area (Å²) in [5, 5.41) is 15.7. The molecule has 6 rings (SSSR count). The van der Waals surface area contributed by atoms with E-state index in [2.05, 4.69) is 34.9 Å². The summed E-state index contributed by atoms with van der Waals surface area (Å²) in [6, 6.07) is 18.1. The Hall–Kier alpha value is -3.69. The van der Waals surface area contributed by atoms with Gasteiger partial charge in [0.15, 0.2) is 5.69 Å². The lowest BCUT2D eigenvalue weighted by atomic mass is 9.89. The molecule has 0 bridgehead atoms. The second-order valence-corrected chi connectivity index (χ2v) is 11.4. The van der Waals surface area contributed by atoms with Gasteiger partial charge in [-0.1, -0.05) is 67.4 Å². The van der Waals surface area contributed by atoms with E-state index in [1.807, 2.05) is 39.8 Å². The average molecular weight is 558 g/mol. The van der Waals surface area contributed by atoms with Crippen LogP contribution in [0.4, 0.5) is 4.79 Å². The van der Waals surface area contributed by atoms with Crippen LogP contribution >= 0.6 is 0 Å². The van der Waals surface area contributed by atoms with Crippen LogP contribution in [-0.2, 0) is 17.6 Å². The van der Waals surface area contributed by atoms with Crippen LogP contribution in [0, 0.1) is 0 Å². The molecule has 1 aromatic heterocycles. The fourth-order valence-corrected chi connectivity index (χ4v) is 6.85. The summed E-state index contributed by atoms with van der Waals surface area (Å²) in [4.78, 5) is 32.4. The van der Waals surface area contributed by atoms with Crippen LogP contribution in [-0.4, -0.2) is 76.0 Å². The van der Waals surface area contributed by atoms with Crippen molar-refractivity contribution in [2.75, 3.05) is 26.2 Å². The Bertz CT molecular complexity index is 1330. The van der Waals surface area contributed by atoms with E-state index in [9.17, 15) is 14.7 Å². The number of aromatic nitrogens is 2. The monoisotopic (exact) mass is 557 g/mol. The second kappa shape index (κ2) is 12.4. The van der Waals surface area contributed by atoms with Crippen molar-refractivity contribution in [1.29, 1.82) is 0 Å². The summed E-state index contributed by atoms with van der Waals surface area (Å²) in [5.74, 6) is -0.0825. The van der Waals surface area contributed by atoms with Gasteiger partial charge in [0.05, 0.1) is 30.2 Å². The Balaban J connectivity index is 1.21. The minimum atomic E-state index is -1.02. The number of piperazine rings is 1. The molecule has 2 aliphatic carbocycles. The number of ether oxygens (including phenoxy) is 1. The summed E-state index contributed by atoms with van der Waals surface area (Å²) < 4.78 is 8.34. The molecule has 2 aromatic carbocycles. The van der Waals surface area contributed by atoms with Crippen LogP contribution in [0.5, 0.6) is 0 Å². The Morgan fingerprint density at radius 2 is 1.76 bits per heavy atom. The summed E-state index contributed by atoms with van der Waals surface area (Å²) in [7, 11) is 0. The molecule has 3 aromatic rings. The van der Waals surface area contributed by atoms with Crippen molar-refractivity contribution in [3.63, 3.8) is 0 Å². The first kappa shape index (κ1) is 27.5. The predicted molar refractivity (Wildman–Crippen MR) is 156 cm³/mol. The fraction of sp³-hybridized carbons (Fsp3) is 0.469. The van der Waals surface area contributed by atoms with Crippen LogP contribution in [0.3, 0.4) is 0 Å². The summed E-state index contributed by atoms with van der Waals surface area (Å²) in [5.41, 5.74) is 4.84. The van der Waals surface area contributed by atoms with Crippen molar-refractivity contribution in [1.82, 2.24) is 25.1 Å². The number of hydrogen-bond donors (Lipinski definition) is 3. The molecule has 3 aliphatic rings. The van der Waals surface area contributed by atoms with Gasteiger partial charge in [-0.2, -0.15) is 0 Å². The Morgan fingerprint density at radius 1 is 1.02 bits per heavy atom. The lowest BCUT2D eigenvalue weighted by Gasteiger charge is -2.36. The first-order valence-electron chi connectivity index (χ1n) is 14.9. The molecule has 9 heteroatoms. The molecule has 3 N–H and O–H groups in total. The number of benzene rings is 2. The van der Waals surface area contributed by atoms with E-state index in [-0.39, 0.29) is 30.1 Å². The number of nitrogens with zero attached hydrogens (tertiary/aromatic N) is 3. The van der Waals surface area contributed by atoms with Gasteiger partial charge in [0.2, 0.25) is 0 Å². The molecule has 9 nitrogen and oxygen atoms in total. The Labute approximate surface area is 240 Å². The third kappa shape index (κ3) is 6.01. The van der Waals surface area contributed by atoms with E-state index in [4.69, 9.17) is 9.72 Å². The van der Waals surface area contributed by atoms with Crippen molar-refractivity contribution < 1.29 is 19.4 Å². The number of fused-ring (bicyclic) bond motifs is 1. The van der Waals surface area contributed by atoms with Crippen molar-refractivity contribution in [2.24, 2.45) is 0 Å². The molecule has 41 heavy (non-hydrogen) atoms. The molecule has 1 aliphatic heterocycles. The van der Waals surface area contributed by atoms with Crippen LogP contribution in [0.2, 0.25) is 0 Å². The molecule has 0 spiro atoms. The number of nitrogens with one attached hydrogen (secondary N) is 2. The highest BCUT2D eigenvalue weighted by atomic mass is 16.5. The predicted octanol–water partition coefficient (Wildman–Crippen LogP) is 4.29. The largest absolute Gasteiger partial charge is 0.465 e. The highest BCUT2D eigenvalue weighted by molar-refractivity contribution is 5.98. The molecule has 2 fully saturated rings. The summed E-state index contributed by atoms with van der Waals surface area (Å²) in [6.07, 6.45) is 7.11. The number of amides is 2. The third-order valence-corrected chi connectivity index (χ3v) is 8.87. The maximum atomic E-state index is 14.2. The Morgan fingerprint density at radius 3 is 2.51 bits per heavy atom. The smallest absolute Gasteiger partial charge is 0.404 e. The van der Waals surface area contributed by atoms with Crippen LogP contribution in [0.1, 0.15) is 59.8 Å². The SMILES string of the molecule is O=C(O)N[C@H]1CCCC[C@@H]1n1cnc(C(=O)N2CCNC[C@H]2CCOC2Cc3ccccc3C2)c1-c1ccccc1. The van der Waals surface area contributed by atoms with Gasteiger partial charge >= 0.3 is 6.09 Å². The van der Waals surface area contributed by atoms with Crippen LogP contribution in [0.25, 0.3) is 11.3 Å². The van der Waals surface area contributed by atoms with Gasteiger partial charge in [-0.15, -0.1) is 0 Å². The van der Waals surface area contributed by atoms with Gasteiger partial charge in [0.1, 0.15) is 0 Å². The highest BCUT2D eigenvalue weighted by Crippen LogP contribution is 2.35. The lowest BCUT2D eigenvalue weighted by Crippen LogP contribution is -2.54. The molecule has 2 heterocycles. The zero-order valence-electron chi connectivity index (χ0n) is 23.4. The number of carbonyl (C=O) groups is 2. The zero-order chi connectivity index (χ0) is 28.2. The van der Waals surface area contributed by atoms with Crippen molar-refractivity contribution in [3.8, 4) is 11.3 Å². The zero-order valence-corrected chi connectivity index (χ0v) is 23.4. The maximum absolute atomic E-state index is 14.2. The third-order valence-electron chi connectivity index (χ3n) is 8.87. The van der Waals surface area contributed by atoms with Gasteiger partial charge in [-0.3, -0.25) is 4.79 Å². The minimum Gasteiger partial charge on any atom is -0.465 e. The Kier molecular flexibility index (Phi) is 8.34. The summed E-state index contributed by atoms with van der Waals surface area (Å²) in [6.45, 7) is 2.65. The molecular weight excluding hydrogens is 518 g/mol. The van der Waals surface area contributed by atoms with Crippen LogP contribution < -0.4 is 10.6 Å². The average Bonchev–Trinajstić information content (AvgIpc) is 3.62. The molecular formula is C32H39N5O4. The lowest BCUT2D eigenvalue weighted by molar-refractivity contribution is 0.0341. The van der Waals surface area contributed by atoms with E-state index in [0.717, 1.165) is 62.7 Å². The second-order valence-electron chi connectivity index (χ2n) is 11.4. The summed E-state index contributed by atoms with van der Waals surface area (Å²) >= 11 is 0. The number of rotatable bonds is 8. The molecule has 1 saturated carbocycles. The van der Waals surface area contributed by atoms with Gasteiger partial charge in [-0.25, -0.2) is 9.78 Å². The van der Waals surface area contributed by atoms with Crippen molar-refractivity contribution >= 4 is 12.0 Å². The molecule has 0 radical (unpaired) electrons. The van der Waals surface area contributed by atoms with Gasteiger partial charge in [-0.05, 0) is 43.2 Å². The number of carboxylic acid groups (broad SMARTS) is 1. The fourth-order valence-electron chi connectivity index (χ4n) is 6.85. The van der Waals surface area contributed by atoms with E-state index in [1.165, 1.54) is 11.1 Å². The molecule has 216 valence electrons. The first-order chi connectivity index (χ1) is 20.1. The van der Waals surface area contributed by atoms with Gasteiger partial charge < -0.3 is 29.9 Å². The first-order valence-corrected chi connectivity index (χ1v) is 14.9. The van der Waals surface area contributed by atoms with Crippen molar-refractivity contribution in [2.45, 2.75) is 69.2 Å². The highest BCUT2D eigenvalue weighted by Gasteiger charge is 2.35.